The van der Waals surface area contributed by atoms with Gasteiger partial charge in [-0.1, -0.05) is 12.1 Å². The molecule has 0 spiro atoms. The number of esters is 1. The summed E-state index contributed by atoms with van der Waals surface area (Å²) < 4.78 is 6.71. The minimum atomic E-state index is -1.08. The highest BCUT2D eigenvalue weighted by atomic mass is 16.5. The summed E-state index contributed by atoms with van der Waals surface area (Å²) in [6.45, 7) is 3.33. The van der Waals surface area contributed by atoms with E-state index < -0.39 is 12.1 Å². The summed E-state index contributed by atoms with van der Waals surface area (Å²) in [7, 11) is 1.29. The van der Waals surface area contributed by atoms with Crippen LogP contribution in [0, 0.1) is 24.2 Å². The lowest BCUT2D eigenvalue weighted by Crippen LogP contribution is -2.41. The molecule has 1 aromatic carbocycles. The van der Waals surface area contributed by atoms with Crippen LogP contribution in [0.2, 0.25) is 0 Å². The van der Waals surface area contributed by atoms with Gasteiger partial charge in [-0.3, -0.25) is 4.40 Å². The lowest BCUT2D eigenvalue weighted by molar-refractivity contribution is -0.153. The molecule has 3 heterocycles. The Morgan fingerprint density at radius 3 is 2.75 bits per heavy atom. The highest BCUT2D eigenvalue weighted by Gasteiger charge is 2.31. The lowest BCUT2D eigenvalue weighted by atomic mass is 9.91. The third-order valence-electron chi connectivity index (χ3n) is 5.62. The van der Waals surface area contributed by atoms with Crippen LogP contribution in [0.15, 0.2) is 30.3 Å². The molecule has 1 aliphatic rings. The number of carbonyl (C=O) groups excluding carboxylic acids is 1. The van der Waals surface area contributed by atoms with Gasteiger partial charge in [-0.2, -0.15) is 5.26 Å². The Bertz CT molecular complexity index is 1090. The summed E-state index contributed by atoms with van der Waals surface area (Å²) in [4.78, 5) is 18.6. The molecule has 1 atom stereocenters. The number of aliphatic hydroxyl groups excluding tert-OH is 1. The molecule has 3 aromatic rings. The molecule has 144 valence electrons. The van der Waals surface area contributed by atoms with Gasteiger partial charge in [0.2, 0.25) is 0 Å². The number of benzene rings is 1. The van der Waals surface area contributed by atoms with Crippen LogP contribution in [-0.2, 0) is 9.53 Å². The number of hydrogen-bond donors (Lipinski definition) is 1. The third-order valence-corrected chi connectivity index (χ3v) is 5.62. The van der Waals surface area contributed by atoms with Gasteiger partial charge in [0.25, 0.3) is 0 Å². The van der Waals surface area contributed by atoms with Gasteiger partial charge in [-0.05, 0) is 49.4 Å². The fourth-order valence-corrected chi connectivity index (χ4v) is 4.06. The van der Waals surface area contributed by atoms with E-state index in [0.717, 1.165) is 22.4 Å². The SMILES string of the molecule is COC(=O)C(O)C1CCN(c2cc(C)c(C#N)c3nc4ccccc4n23)CC1. The van der Waals surface area contributed by atoms with E-state index in [4.69, 9.17) is 4.98 Å². The Morgan fingerprint density at radius 1 is 1.36 bits per heavy atom. The molecule has 1 unspecified atom stereocenters. The molecule has 0 saturated carbocycles. The molecule has 0 radical (unpaired) electrons. The molecule has 1 N–H and O–H groups in total. The van der Waals surface area contributed by atoms with Gasteiger partial charge < -0.3 is 14.7 Å². The van der Waals surface area contributed by atoms with Crippen molar-refractivity contribution in [2.45, 2.75) is 25.9 Å². The van der Waals surface area contributed by atoms with Gasteiger partial charge in [-0.25, -0.2) is 9.78 Å². The van der Waals surface area contributed by atoms with E-state index >= 15 is 0 Å². The number of aryl methyl sites for hydroxylation is 1. The van der Waals surface area contributed by atoms with E-state index in [1.807, 2.05) is 41.7 Å². The van der Waals surface area contributed by atoms with Crippen molar-refractivity contribution in [3.63, 3.8) is 0 Å². The number of piperidine rings is 1. The highest BCUT2D eigenvalue weighted by Crippen LogP contribution is 2.31. The predicted molar refractivity (Wildman–Crippen MR) is 105 cm³/mol. The molecule has 1 fully saturated rings. The van der Waals surface area contributed by atoms with E-state index in [1.54, 1.807) is 0 Å². The molecular weight excluding hydrogens is 356 g/mol. The molecule has 28 heavy (non-hydrogen) atoms. The van der Waals surface area contributed by atoms with Gasteiger partial charge >= 0.3 is 5.97 Å². The number of imidazole rings is 1. The smallest absolute Gasteiger partial charge is 0.334 e. The van der Waals surface area contributed by atoms with Crippen LogP contribution >= 0.6 is 0 Å². The summed E-state index contributed by atoms with van der Waals surface area (Å²) in [5, 5.41) is 19.8. The fourth-order valence-electron chi connectivity index (χ4n) is 4.06. The van der Waals surface area contributed by atoms with Crippen LogP contribution in [0.4, 0.5) is 5.82 Å². The minimum absolute atomic E-state index is 0.113. The average molecular weight is 378 g/mol. The summed E-state index contributed by atoms with van der Waals surface area (Å²) >= 11 is 0. The predicted octanol–water partition coefficient (Wildman–Crippen LogP) is 2.42. The zero-order valence-corrected chi connectivity index (χ0v) is 15.9. The number of anilines is 1. The number of fused-ring (bicyclic) bond motifs is 3. The first-order valence-corrected chi connectivity index (χ1v) is 9.37. The molecule has 7 nitrogen and oxygen atoms in total. The Hall–Kier alpha value is -3.11. The van der Waals surface area contributed by atoms with Gasteiger partial charge in [0.15, 0.2) is 11.8 Å². The third kappa shape index (κ3) is 2.86. The number of nitrogens with zero attached hydrogens (tertiary/aromatic N) is 4. The zero-order chi connectivity index (χ0) is 19.8. The number of nitriles is 1. The van der Waals surface area contributed by atoms with Crippen molar-refractivity contribution in [1.82, 2.24) is 9.38 Å². The van der Waals surface area contributed by atoms with Crippen LogP contribution in [0.25, 0.3) is 16.7 Å². The van der Waals surface area contributed by atoms with Crippen molar-refractivity contribution < 1.29 is 14.6 Å². The van der Waals surface area contributed by atoms with Crippen molar-refractivity contribution >= 4 is 28.5 Å². The summed E-state index contributed by atoms with van der Waals surface area (Å²) in [6, 6.07) is 12.2. The van der Waals surface area contributed by atoms with Crippen molar-refractivity contribution in [3.8, 4) is 6.07 Å². The molecule has 4 rings (SSSR count). The molecule has 1 aliphatic heterocycles. The number of ether oxygens (including phenoxy) is 1. The molecule has 1 saturated heterocycles. The van der Waals surface area contributed by atoms with E-state index in [-0.39, 0.29) is 5.92 Å². The van der Waals surface area contributed by atoms with Gasteiger partial charge in [-0.15, -0.1) is 0 Å². The average Bonchev–Trinajstić information content (AvgIpc) is 3.11. The van der Waals surface area contributed by atoms with E-state index in [9.17, 15) is 15.2 Å². The second kappa shape index (κ2) is 7.13. The summed E-state index contributed by atoms with van der Waals surface area (Å²) in [5.74, 6) is 0.292. The summed E-state index contributed by atoms with van der Waals surface area (Å²) in [6.07, 6.45) is 0.288. The Kier molecular flexibility index (Phi) is 4.65. The van der Waals surface area contributed by atoms with Crippen molar-refractivity contribution in [1.29, 1.82) is 5.26 Å². The van der Waals surface area contributed by atoms with E-state index in [2.05, 4.69) is 15.7 Å². The first-order valence-electron chi connectivity index (χ1n) is 9.37. The van der Waals surface area contributed by atoms with Crippen molar-refractivity contribution in [2.75, 3.05) is 25.1 Å². The zero-order valence-electron chi connectivity index (χ0n) is 15.9. The van der Waals surface area contributed by atoms with E-state index in [0.29, 0.717) is 37.1 Å². The minimum Gasteiger partial charge on any atom is -0.467 e. The normalized spacial score (nSPS) is 16.3. The number of methoxy groups -OCH3 is 1. The van der Waals surface area contributed by atoms with Crippen LogP contribution in [0.1, 0.15) is 24.0 Å². The van der Waals surface area contributed by atoms with Gasteiger partial charge in [0, 0.05) is 13.1 Å². The number of hydrogen-bond acceptors (Lipinski definition) is 6. The lowest BCUT2D eigenvalue weighted by Gasteiger charge is -2.35. The van der Waals surface area contributed by atoms with Crippen molar-refractivity contribution in [2.24, 2.45) is 5.92 Å². The summed E-state index contributed by atoms with van der Waals surface area (Å²) in [5.41, 5.74) is 3.94. The number of pyridine rings is 1. The first-order chi connectivity index (χ1) is 13.5. The maximum absolute atomic E-state index is 11.6. The highest BCUT2D eigenvalue weighted by molar-refractivity contribution is 5.85. The molecule has 0 amide bonds. The number of aromatic nitrogens is 2. The Morgan fingerprint density at radius 2 is 2.07 bits per heavy atom. The standard InChI is InChI=1S/C21H22N4O3/c1-13-11-18(24-9-7-14(8-10-24)19(26)21(27)28-2)25-17-6-4-3-5-16(17)23-20(25)15(13)12-22/h3-6,11,14,19,26H,7-10H2,1-2H3. The first kappa shape index (κ1) is 18.3. The van der Waals surface area contributed by atoms with Gasteiger partial charge in [0.1, 0.15) is 11.9 Å². The fraction of sp³-hybridized carbons (Fsp3) is 0.381. The van der Waals surface area contributed by atoms with Crippen LogP contribution in [-0.4, -0.2) is 46.8 Å². The molecule has 0 bridgehead atoms. The van der Waals surface area contributed by atoms with Crippen LogP contribution < -0.4 is 4.90 Å². The van der Waals surface area contributed by atoms with Crippen LogP contribution in [0.5, 0.6) is 0 Å². The molecular formula is C21H22N4O3. The quantitative estimate of drug-likeness (QED) is 0.704. The Labute approximate surface area is 162 Å². The number of para-hydroxylation sites is 2. The molecule has 0 aliphatic carbocycles. The monoisotopic (exact) mass is 378 g/mol. The second-order valence-corrected chi connectivity index (χ2v) is 7.22. The number of rotatable bonds is 3. The maximum atomic E-state index is 11.6. The van der Waals surface area contributed by atoms with Gasteiger partial charge in [0.05, 0.1) is 23.7 Å². The van der Waals surface area contributed by atoms with Crippen molar-refractivity contribution in [3.05, 3.63) is 41.5 Å². The number of carbonyl (C=O) groups is 1. The molecule has 2 aromatic heterocycles. The number of aliphatic hydroxyl groups is 1. The van der Waals surface area contributed by atoms with E-state index in [1.165, 1.54) is 7.11 Å². The van der Waals surface area contributed by atoms with Crippen LogP contribution in [0.3, 0.4) is 0 Å². The second-order valence-electron chi connectivity index (χ2n) is 7.22. The molecule has 7 heteroatoms. The topological polar surface area (TPSA) is 90.9 Å². The Balaban J connectivity index is 1.74. The largest absolute Gasteiger partial charge is 0.467 e. The maximum Gasteiger partial charge on any atom is 0.334 e.